The van der Waals surface area contributed by atoms with Gasteiger partial charge in [0.1, 0.15) is 5.54 Å². The molecule has 2 saturated carbocycles. The maximum Gasteiger partial charge on any atom is 0.324 e. The fraction of sp³-hybridized carbons (Fsp3) is 0.619. The first-order chi connectivity index (χ1) is 13.0. The highest BCUT2D eigenvalue weighted by molar-refractivity contribution is 5.82. The van der Waals surface area contributed by atoms with E-state index in [1.54, 1.807) is 7.11 Å². The van der Waals surface area contributed by atoms with Gasteiger partial charge >= 0.3 is 5.97 Å². The van der Waals surface area contributed by atoms with Crippen molar-refractivity contribution in [1.29, 1.82) is 5.26 Å². The Bertz CT molecular complexity index is 769. The average molecular weight is 370 g/mol. The molecule has 0 radical (unpaired) electrons. The quantitative estimate of drug-likeness (QED) is 0.795. The van der Waals surface area contributed by atoms with Crippen LogP contribution in [-0.4, -0.2) is 48.3 Å². The summed E-state index contributed by atoms with van der Waals surface area (Å²) in [6.45, 7) is 1.95. The van der Waals surface area contributed by atoms with Crippen LogP contribution in [0.25, 0.3) is 0 Å². The lowest BCUT2D eigenvalue weighted by Crippen LogP contribution is -2.51. The van der Waals surface area contributed by atoms with Crippen molar-refractivity contribution in [2.75, 3.05) is 26.8 Å². The Kier molecular flexibility index (Phi) is 4.51. The van der Waals surface area contributed by atoms with Gasteiger partial charge in [0, 0.05) is 13.1 Å². The van der Waals surface area contributed by atoms with E-state index in [1.165, 1.54) is 12.8 Å². The Morgan fingerprint density at radius 1 is 1.26 bits per heavy atom. The molecular weight excluding hydrogens is 344 g/mol. The van der Waals surface area contributed by atoms with Crippen molar-refractivity contribution in [2.24, 2.45) is 5.92 Å². The van der Waals surface area contributed by atoms with Gasteiger partial charge in [0.05, 0.1) is 25.2 Å². The largest absolute Gasteiger partial charge is 0.493 e. The molecule has 3 fully saturated rings. The Balaban J connectivity index is 1.53. The molecule has 1 heterocycles. The molecule has 27 heavy (non-hydrogen) atoms. The van der Waals surface area contributed by atoms with E-state index in [4.69, 9.17) is 9.47 Å². The number of carboxylic acid groups (broad SMARTS) is 1. The van der Waals surface area contributed by atoms with Gasteiger partial charge in [-0.25, -0.2) is 0 Å². The van der Waals surface area contributed by atoms with Crippen LogP contribution in [0.1, 0.15) is 44.1 Å². The lowest BCUT2D eigenvalue weighted by Gasteiger charge is -2.40. The summed E-state index contributed by atoms with van der Waals surface area (Å²) in [7, 11) is 1.62. The average Bonchev–Trinajstić information content (AvgIpc) is 3.60. The van der Waals surface area contributed by atoms with Gasteiger partial charge in [-0.1, -0.05) is 6.07 Å². The monoisotopic (exact) mass is 370 g/mol. The molecule has 0 spiro atoms. The number of aliphatic carboxylic acids is 1. The lowest BCUT2D eigenvalue weighted by atomic mass is 9.73. The van der Waals surface area contributed by atoms with Crippen LogP contribution in [0.5, 0.6) is 11.5 Å². The zero-order valence-corrected chi connectivity index (χ0v) is 15.7. The smallest absolute Gasteiger partial charge is 0.324 e. The number of piperidine rings is 1. The number of hydrogen-bond acceptors (Lipinski definition) is 5. The number of nitriles is 1. The van der Waals surface area contributed by atoms with Crippen LogP contribution in [0.3, 0.4) is 0 Å². The number of hydrogen-bond donors (Lipinski definition) is 1. The maximum atomic E-state index is 11.6. The molecular formula is C21H26N2O4. The van der Waals surface area contributed by atoms with Gasteiger partial charge in [0.2, 0.25) is 0 Å². The second-order valence-corrected chi connectivity index (χ2v) is 8.14. The highest BCUT2D eigenvalue weighted by Gasteiger charge is 2.56. The van der Waals surface area contributed by atoms with Crippen LogP contribution in [-0.2, 0) is 10.2 Å². The molecule has 6 heteroatoms. The van der Waals surface area contributed by atoms with Gasteiger partial charge in [-0.15, -0.1) is 0 Å². The summed E-state index contributed by atoms with van der Waals surface area (Å²) < 4.78 is 11.4. The number of benzene rings is 1. The van der Waals surface area contributed by atoms with Crippen molar-refractivity contribution in [3.05, 3.63) is 23.8 Å². The first-order valence-electron chi connectivity index (χ1n) is 9.74. The normalized spacial score (nSPS) is 23.3. The van der Waals surface area contributed by atoms with E-state index in [9.17, 15) is 15.2 Å². The van der Waals surface area contributed by atoms with E-state index in [-0.39, 0.29) is 0 Å². The third-order valence-electron chi connectivity index (χ3n) is 6.45. The zero-order chi connectivity index (χ0) is 19.1. The van der Waals surface area contributed by atoms with Gasteiger partial charge in [-0.2, -0.15) is 5.26 Å². The molecule has 1 aliphatic heterocycles. The van der Waals surface area contributed by atoms with Crippen molar-refractivity contribution in [2.45, 2.75) is 49.5 Å². The summed E-state index contributed by atoms with van der Waals surface area (Å²) in [5, 5.41) is 19.5. The van der Waals surface area contributed by atoms with E-state index < -0.39 is 16.9 Å². The van der Waals surface area contributed by atoms with E-state index in [0.717, 1.165) is 5.56 Å². The third kappa shape index (κ3) is 3.25. The Hall–Kier alpha value is -2.26. The predicted molar refractivity (Wildman–Crippen MR) is 98.9 cm³/mol. The molecule has 1 aromatic rings. The predicted octanol–water partition coefficient (Wildman–Crippen LogP) is 2.96. The SMILES string of the molecule is COc1ccc(C2(C#N)CCN(C3(C(=O)O)CC3)CC2)cc1OCC1CC1. The summed E-state index contributed by atoms with van der Waals surface area (Å²) in [5.41, 5.74) is -0.342. The first kappa shape index (κ1) is 18.1. The molecule has 0 aromatic heterocycles. The molecule has 1 saturated heterocycles. The highest BCUT2D eigenvalue weighted by atomic mass is 16.5. The van der Waals surface area contributed by atoms with Gasteiger partial charge in [0.25, 0.3) is 0 Å². The van der Waals surface area contributed by atoms with Crippen molar-refractivity contribution >= 4 is 5.97 Å². The first-order valence-corrected chi connectivity index (χ1v) is 9.74. The number of methoxy groups -OCH3 is 1. The van der Waals surface area contributed by atoms with Crippen LogP contribution >= 0.6 is 0 Å². The number of nitrogens with zero attached hydrogens (tertiary/aromatic N) is 2. The molecule has 0 bridgehead atoms. The number of likely N-dealkylation sites (tertiary alicyclic amines) is 1. The van der Waals surface area contributed by atoms with Crippen LogP contribution in [0.4, 0.5) is 0 Å². The second-order valence-electron chi connectivity index (χ2n) is 8.14. The standard InChI is InChI=1S/C21H26N2O4/c1-26-17-5-4-16(12-18(17)27-13-15-2-3-15)20(14-22)8-10-23(11-9-20)21(6-7-21)19(24)25/h4-5,12,15H,2-3,6-11,13H2,1H3,(H,24,25). The fourth-order valence-electron chi connectivity index (χ4n) is 4.14. The van der Waals surface area contributed by atoms with Crippen LogP contribution in [0.2, 0.25) is 0 Å². The molecule has 144 valence electrons. The highest BCUT2D eigenvalue weighted by Crippen LogP contribution is 2.47. The topological polar surface area (TPSA) is 82.8 Å². The number of carboxylic acids is 1. The molecule has 1 aromatic carbocycles. The van der Waals surface area contributed by atoms with Crippen LogP contribution in [0.15, 0.2) is 18.2 Å². The Morgan fingerprint density at radius 3 is 2.48 bits per heavy atom. The molecule has 0 unspecified atom stereocenters. The van der Waals surface area contributed by atoms with Crippen LogP contribution < -0.4 is 9.47 Å². The van der Waals surface area contributed by atoms with Gasteiger partial charge in [0.15, 0.2) is 11.5 Å². The van der Waals surface area contributed by atoms with E-state index in [0.29, 0.717) is 62.8 Å². The summed E-state index contributed by atoms with van der Waals surface area (Å²) in [5.74, 6) is 1.29. The summed E-state index contributed by atoms with van der Waals surface area (Å²) >= 11 is 0. The maximum absolute atomic E-state index is 11.6. The summed E-state index contributed by atoms with van der Waals surface area (Å²) in [6, 6.07) is 8.30. The van der Waals surface area contributed by atoms with Crippen molar-refractivity contribution in [3.8, 4) is 17.6 Å². The van der Waals surface area contributed by atoms with Gasteiger partial charge < -0.3 is 14.6 Å². The fourth-order valence-corrected chi connectivity index (χ4v) is 4.14. The minimum Gasteiger partial charge on any atom is -0.493 e. The molecule has 0 atom stereocenters. The molecule has 1 N–H and O–H groups in total. The third-order valence-corrected chi connectivity index (χ3v) is 6.45. The minimum absolute atomic E-state index is 0.602. The van der Waals surface area contributed by atoms with Crippen molar-refractivity contribution < 1.29 is 19.4 Å². The zero-order valence-electron chi connectivity index (χ0n) is 15.7. The number of carbonyl (C=O) groups is 1. The molecule has 0 amide bonds. The van der Waals surface area contributed by atoms with Gasteiger partial charge in [-0.3, -0.25) is 9.69 Å². The number of rotatable bonds is 7. The Morgan fingerprint density at radius 2 is 1.96 bits per heavy atom. The number of ether oxygens (including phenoxy) is 2. The molecule has 4 rings (SSSR count). The molecule has 6 nitrogen and oxygen atoms in total. The van der Waals surface area contributed by atoms with E-state index in [1.807, 2.05) is 18.2 Å². The molecule has 3 aliphatic rings. The van der Waals surface area contributed by atoms with Gasteiger partial charge in [-0.05, 0) is 62.1 Å². The van der Waals surface area contributed by atoms with Crippen molar-refractivity contribution in [1.82, 2.24) is 4.90 Å². The van der Waals surface area contributed by atoms with Crippen molar-refractivity contribution in [3.63, 3.8) is 0 Å². The second kappa shape index (κ2) is 6.72. The minimum atomic E-state index is -0.729. The van der Waals surface area contributed by atoms with Crippen LogP contribution in [0, 0.1) is 17.2 Å². The lowest BCUT2D eigenvalue weighted by molar-refractivity contribution is -0.145. The summed E-state index contributed by atoms with van der Waals surface area (Å²) in [4.78, 5) is 13.6. The van der Waals surface area contributed by atoms with E-state index in [2.05, 4.69) is 11.0 Å². The summed E-state index contributed by atoms with van der Waals surface area (Å²) in [6.07, 6.45) is 5.11. The molecule has 2 aliphatic carbocycles. The Labute approximate surface area is 159 Å². The van der Waals surface area contributed by atoms with E-state index >= 15 is 0 Å².